The van der Waals surface area contributed by atoms with Crippen LogP contribution in [0.3, 0.4) is 0 Å². The molecule has 1 atom stereocenters. The lowest BCUT2D eigenvalue weighted by atomic mass is 9.93. The third kappa shape index (κ3) is 3.41. The van der Waals surface area contributed by atoms with Gasteiger partial charge in [-0.15, -0.1) is 22.7 Å². The first-order chi connectivity index (χ1) is 10.0. The van der Waals surface area contributed by atoms with Crippen molar-refractivity contribution in [1.29, 1.82) is 0 Å². The van der Waals surface area contributed by atoms with Crippen molar-refractivity contribution in [1.82, 2.24) is 9.97 Å². The Morgan fingerprint density at radius 1 is 1.52 bits per heavy atom. The molecule has 2 heterocycles. The third-order valence-electron chi connectivity index (χ3n) is 3.68. The van der Waals surface area contributed by atoms with Gasteiger partial charge in [-0.3, -0.25) is 4.79 Å². The smallest absolute Gasteiger partial charge is 0.231 e. The number of aromatic nitrogens is 2. The maximum Gasteiger partial charge on any atom is 0.231 e. The lowest BCUT2D eigenvalue weighted by Crippen LogP contribution is -2.14. The second-order valence-corrected chi connectivity index (χ2v) is 8.38. The van der Waals surface area contributed by atoms with Crippen molar-refractivity contribution < 1.29 is 4.79 Å². The van der Waals surface area contributed by atoms with Gasteiger partial charge >= 0.3 is 0 Å². The monoisotopic (exact) mass is 339 g/mol. The molecule has 0 saturated carbocycles. The topological polar surface area (TPSA) is 57.8 Å². The van der Waals surface area contributed by atoms with E-state index >= 15 is 0 Å². The lowest BCUT2D eigenvalue weighted by Gasteiger charge is -2.15. The summed E-state index contributed by atoms with van der Waals surface area (Å²) in [6.07, 6.45) is 3.66. The van der Waals surface area contributed by atoms with E-state index in [-0.39, 0.29) is 5.91 Å². The number of amides is 1. The number of aryl methyl sites for hydroxylation is 2. The first-order valence-electron chi connectivity index (χ1n) is 6.98. The highest BCUT2D eigenvalue weighted by Crippen LogP contribution is 2.32. The second-order valence-electron chi connectivity index (χ2n) is 5.52. The molecule has 1 aliphatic rings. The molecule has 0 aromatic carbocycles. The van der Waals surface area contributed by atoms with Crippen LogP contribution >= 0.6 is 34.9 Å². The number of fused-ring (bicyclic) bond motifs is 1. The number of rotatable bonds is 3. The summed E-state index contributed by atoms with van der Waals surface area (Å²) in [6, 6.07) is 0. The number of H-pyrrole nitrogens is 1. The van der Waals surface area contributed by atoms with Crippen LogP contribution < -0.4 is 5.32 Å². The van der Waals surface area contributed by atoms with E-state index in [0.29, 0.717) is 10.4 Å². The van der Waals surface area contributed by atoms with E-state index < -0.39 is 0 Å². The maximum absolute atomic E-state index is 12.1. The van der Waals surface area contributed by atoms with Gasteiger partial charge in [0.2, 0.25) is 5.91 Å². The summed E-state index contributed by atoms with van der Waals surface area (Å²) in [5.41, 5.74) is 2.15. The van der Waals surface area contributed by atoms with Crippen LogP contribution in [0.4, 0.5) is 5.13 Å². The zero-order chi connectivity index (χ0) is 15.0. The number of carbonyl (C=O) groups is 1. The molecule has 3 rings (SSSR count). The van der Waals surface area contributed by atoms with Crippen molar-refractivity contribution >= 4 is 45.9 Å². The summed E-state index contributed by atoms with van der Waals surface area (Å²) in [5, 5.41) is 3.66. The number of nitrogens with zero attached hydrogens (tertiary/aromatic N) is 1. The molecule has 2 N–H and O–H groups in total. The van der Waals surface area contributed by atoms with Gasteiger partial charge in [0.15, 0.2) is 9.09 Å². The van der Waals surface area contributed by atoms with Gasteiger partial charge in [-0.1, -0.05) is 6.92 Å². The molecule has 2 aromatic heterocycles. The van der Waals surface area contributed by atoms with Crippen LogP contribution in [-0.2, 0) is 24.1 Å². The molecule has 0 spiro atoms. The predicted octanol–water partition coefficient (Wildman–Crippen LogP) is 3.88. The minimum atomic E-state index is -0.0255. The molecular formula is C14H17N3OS3. The van der Waals surface area contributed by atoms with E-state index in [1.165, 1.54) is 28.3 Å². The Hall–Kier alpha value is -1.05. The molecular weight excluding hydrogens is 322 g/mol. The molecule has 0 bridgehead atoms. The van der Waals surface area contributed by atoms with Crippen LogP contribution in [0.2, 0.25) is 0 Å². The number of anilines is 1. The highest BCUT2D eigenvalue weighted by Gasteiger charge is 2.20. The number of nitrogens with one attached hydrogen (secondary N) is 2. The Morgan fingerprint density at radius 3 is 3.05 bits per heavy atom. The molecule has 0 radical (unpaired) electrons. The first kappa shape index (κ1) is 14.9. The minimum Gasteiger partial charge on any atom is -0.341 e. The summed E-state index contributed by atoms with van der Waals surface area (Å²) in [6.45, 7) is 4.21. The Labute approximate surface area is 136 Å². The number of hydrogen-bond acceptors (Lipinski definition) is 5. The van der Waals surface area contributed by atoms with Gasteiger partial charge in [0.1, 0.15) is 0 Å². The predicted molar refractivity (Wildman–Crippen MR) is 89.9 cm³/mol. The summed E-state index contributed by atoms with van der Waals surface area (Å²) in [5.74, 6) is 0.693. The molecule has 2 aromatic rings. The van der Waals surface area contributed by atoms with Crippen LogP contribution in [0, 0.1) is 16.8 Å². The molecule has 1 aliphatic carbocycles. The van der Waals surface area contributed by atoms with Crippen molar-refractivity contribution in [3.8, 4) is 0 Å². The Morgan fingerprint density at radius 2 is 2.33 bits per heavy atom. The summed E-state index contributed by atoms with van der Waals surface area (Å²) < 4.78 is 0.717. The average Bonchev–Trinajstić information content (AvgIpc) is 2.91. The molecule has 112 valence electrons. The maximum atomic E-state index is 12.1. The van der Waals surface area contributed by atoms with Crippen LogP contribution in [0.5, 0.6) is 0 Å². The van der Waals surface area contributed by atoms with E-state index in [9.17, 15) is 4.79 Å². The number of thiazole rings is 2. The van der Waals surface area contributed by atoms with Crippen molar-refractivity contribution in [2.75, 3.05) is 5.32 Å². The van der Waals surface area contributed by atoms with Crippen LogP contribution in [0.15, 0.2) is 0 Å². The average molecular weight is 340 g/mol. The highest BCUT2D eigenvalue weighted by molar-refractivity contribution is 7.73. The fourth-order valence-corrected chi connectivity index (χ4v) is 4.99. The van der Waals surface area contributed by atoms with E-state index in [1.807, 2.05) is 6.92 Å². The summed E-state index contributed by atoms with van der Waals surface area (Å²) >= 11 is 8.18. The quantitative estimate of drug-likeness (QED) is 0.835. The highest BCUT2D eigenvalue weighted by atomic mass is 32.1. The van der Waals surface area contributed by atoms with Gasteiger partial charge < -0.3 is 10.3 Å². The summed E-state index contributed by atoms with van der Waals surface area (Å²) in [4.78, 5) is 22.1. The van der Waals surface area contributed by atoms with Gasteiger partial charge in [-0.25, -0.2) is 4.98 Å². The second kappa shape index (κ2) is 5.98. The van der Waals surface area contributed by atoms with Gasteiger partial charge in [0.05, 0.1) is 12.1 Å². The SMILES string of the molecule is Cc1[nH]c(=S)sc1CC(=O)Nc1nc2c(s1)C[C@H](C)CC2. The van der Waals surface area contributed by atoms with Crippen molar-refractivity contribution in [3.63, 3.8) is 0 Å². The fourth-order valence-electron chi connectivity index (χ4n) is 2.51. The normalized spacial score (nSPS) is 17.5. The van der Waals surface area contributed by atoms with Crippen molar-refractivity contribution in [3.05, 3.63) is 25.1 Å². The molecule has 1 amide bonds. The van der Waals surface area contributed by atoms with E-state index in [1.54, 1.807) is 11.3 Å². The molecule has 0 aliphatic heterocycles. The minimum absolute atomic E-state index is 0.0255. The standard InChI is InChI=1S/C14H17N3OS3/c1-7-3-4-9-11(5-7)20-13(16-9)17-12(18)6-10-8(2)15-14(19)21-10/h7H,3-6H2,1-2H3,(H,15,19)(H,16,17,18)/t7-/m1/s1. The van der Waals surface area contributed by atoms with E-state index in [4.69, 9.17) is 12.2 Å². The van der Waals surface area contributed by atoms with Crippen molar-refractivity contribution in [2.24, 2.45) is 5.92 Å². The third-order valence-corrected chi connectivity index (χ3v) is 6.05. The molecule has 21 heavy (non-hydrogen) atoms. The lowest BCUT2D eigenvalue weighted by molar-refractivity contribution is -0.115. The van der Waals surface area contributed by atoms with Crippen LogP contribution in [0.1, 0.15) is 34.5 Å². The van der Waals surface area contributed by atoms with Crippen LogP contribution in [0.25, 0.3) is 0 Å². The number of carbonyl (C=O) groups excluding carboxylic acids is 1. The zero-order valence-electron chi connectivity index (χ0n) is 12.0. The molecule has 0 fully saturated rings. The molecule has 0 unspecified atom stereocenters. The van der Waals surface area contributed by atoms with Gasteiger partial charge in [-0.05, 0) is 44.3 Å². The van der Waals surface area contributed by atoms with Gasteiger partial charge in [0.25, 0.3) is 0 Å². The molecule has 0 saturated heterocycles. The van der Waals surface area contributed by atoms with Crippen LogP contribution in [-0.4, -0.2) is 15.9 Å². The largest absolute Gasteiger partial charge is 0.341 e. The molecule has 7 heteroatoms. The van der Waals surface area contributed by atoms with Gasteiger partial charge in [-0.2, -0.15) is 0 Å². The summed E-state index contributed by atoms with van der Waals surface area (Å²) in [7, 11) is 0. The number of hydrogen-bond donors (Lipinski definition) is 2. The number of aromatic amines is 1. The Bertz CT molecular complexity index is 728. The molecule has 4 nitrogen and oxygen atoms in total. The zero-order valence-corrected chi connectivity index (χ0v) is 14.4. The first-order valence-corrected chi connectivity index (χ1v) is 9.02. The van der Waals surface area contributed by atoms with E-state index in [2.05, 4.69) is 22.2 Å². The fraction of sp³-hybridized carbons (Fsp3) is 0.500. The van der Waals surface area contributed by atoms with Gasteiger partial charge in [0, 0.05) is 15.4 Å². The van der Waals surface area contributed by atoms with Crippen molar-refractivity contribution in [2.45, 2.75) is 39.5 Å². The Balaban J connectivity index is 1.68. The Kier molecular flexibility index (Phi) is 4.24. The van der Waals surface area contributed by atoms with E-state index in [0.717, 1.165) is 34.5 Å².